The standard InChI is InChI=1S/C12H14F3N/c13-12(14,15)11-3-1-2-9(7-11)6-10-4-5-16-8-10/h1-3,7,10,16H,4-6,8H2/t10-/m0/s1. The summed E-state index contributed by atoms with van der Waals surface area (Å²) < 4.78 is 37.4. The van der Waals surface area contributed by atoms with E-state index < -0.39 is 11.7 Å². The molecule has 16 heavy (non-hydrogen) atoms. The van der Waals surface area contributed by atoms with Gasteiger partial charge in [0, 0.05) is 0 Å². The molecule has 1 heterocycles. The first-order chi connectivity index (χ1) is 7.55. The highest BCUT2D eigenvalue weighted by Gasteiger charge is 2.30. The number of nitrogens with one attached hydrogen (secondary N) is 1. The second-order valence-corrected chi connectivity index (χ2v) is 4.26. The smallest absolute Gasteiger partial charge is 0.316 e. The molecule has 1 aromatic rings. The first-order valence-electron chi connectivity index (χ1n) is 5.42. The van der Waals surface area contributed by atoms with Crippen LogP contribution in [0.25, 0.3) is 0 Å². The van der Waals surface area contributed by atoms with Gasteiger partial charge in [-0.05, 0) is 43.5 Å². The third-order valence-electron chi connectivity index (χ3n) is 2.94. The minimum absolute atomic E-state index is 0.475. The maximum absolute atomic E-state index is 12.5. The van der Waals surface area contributed by atoms with Gasteiger partial charge in [0.15, 0.2) is 0 Å². The van der Waals surface area contributed by atoms with E-state index in [0.717, 1.165) is 37.6 Å². The van der Waals surface area contributed by atoms with E-state index in [1.807, 2.05) is 0 Å². The quantitative estimate of drug-likeness (QED) is 0.822. The van der Waals surface area contributed by atoms with Crippen molar-refractivity contribution in [2.45, 2.75) is 19.0 Å². The number of hydrogen-bond donors (Lipinski definition) is 1. The molecule has 0 unspecified atom stereocenters. The van der Waals surface area contributed by atoms with E-state index >= 15 is 0 Å². The monoisotopic (exact) mass is 229 g/mol. The van der Waals surface area contributed by atoms with Crippen molar-refractivity contribution in [3.05, 3.63) is 35.4 Å². The molecule has 2 rings (SSSR count). The Kier molecular flexibility index (Phi) is 3.19. The molecule has 0 saturated carbocycles. The summed E-state index contributed by atoms with van der Waals surface area (Å²) in [5.74, 6) is 0.475. The molecule has 1 N–H and O–H groups in total. The second-order valence-electron chi connectivity index (χ2n) is 4.26. The Labute approximate surface area is 92.7 Å². The largest absolute Gasteiger partial charge is 0.416 e. The summed E-state index contributed by atoms with van der Waals surface area (Å²) in [6, 6.07) is 5.64. The van der Waals surface area contributed by atoms with E-state index in [9.17, 15) is 13.2 Å². The molecule has 88 valence electrons. The van der Waals surface area contributed by atoms with E-state index in [1.54, 1.807) is 6.07 Å². The van der Waals surface area contributed by atoms with E-state index in [-0.39, 0.29) is 0 Å². The van der Waals surface area contributed by atoms with Gasteiger partial charge in [0.05, 0.1) is 5.56 Å². The zero-order valence-corrected chi connectivity index (χ0v) is 8.85. The number of benzene rings is 1. The van der Waals surface area contributed by atoms with Crippen LogP contribution in [-0.2, 0) is 12.6 Å². The first-order valence-corrected chi connectivity index (χ1v) is 5.42. The lowest BCUT2D eigenvalue weighted by atomic mass is 9.97. The Hall–Kier alpha value is -1.03. The van der Waals surface area contributed by atoms with Crippen LogP contribution >= 0.6 is 0 Å². The van der Waals surface area contributed by atoms with Crippen molar-refractivity contribution in [3.8, 4) is 0 Å². The summed E-state index contributed by atoms with van der Waals surface area (Å²) in [6.07, 6.45) is -2.45. The average Bonchev–Trinajstić information content (AvgIpc) is 2.70. The first kappa shape index (κ1) is 11.5. The summed E-state index contributed by atoms with van der Waals surface area (Å²) in [5.41, 5.74) is 0.236. The highest BCUT2D eigenvalue weighted by atomic mass is 19.4. The van der Waals surface area contributed by atoms with Gasteiger partial charge in [0.25, 0.3) is 0 Å². The molecule has 0 amide bonds. The Morgan fingerprint density at radius 2 is 2.12 bits per heavy atom. The predicted molar refractivity (Wildman–Crippen MR) is 56.1 cm³/mol. The van der Waals surface area contributed by atoms with Crippen LogP contribution < -0.4 is 5.32 Å². The molecular formula is C12H14F3N. The van der Waals surface area contributed by atoms with Crippen molar-refractivity contribution >= 4 is 0 Å². The molecular weight excluding hydrogens is 215 g/mol. The van der Waals surface area contributed by atoms with Crippen LogP contribution in [0.15, 0.2) is 24.3 Å². The molecule has 1 atom stereocenters. The number of rotatable bonds is 2. The summed E-state index contributed by atoms with van der Waals surface area (Å²) in [5, 5.41) is 3.22. The van der Waals surface area contributed by atoms with Crippen LogP contribution in [0.1, 0.15) is 17.5 Å². The summed E-state index contributed by atoms with van der Waals surface area (Å²) in [6.45, 7) is 1.89. The molecule has 0 bridgehead atoms. The van der Waals surface area contributed by atoms with Gasteiger partial charge >= 0.3 is 6.18 Å². The molecule has 0 aliphatic carbocycles. The van der Waals surface area contributed by atoms with Crippen LogP contribution in [-0.4, -0.2) is 13.1 Å². The summed E-state index contributed by atoms with van der Waals surface area (Å²) >= 11 is 0. The third kappa shape index (κ3) is 2.76. The average molecular weight is 229 g/mol. The number of halogens is 3. The Bertz CT molecular complexity index is 354. The lowest BCUT2D eigenvalue weighted by Gasteiger charge is -2.11. The number of alkyl halides is 3. The van der Waals surface area contributed by atoms with Crippen LogP contribution in [0.2, 0.25) is 0 Å². The summed E-state index contributed by atoms with van der Waals surface area (Å²) in [4.78, 5) is 0. The minimum Gasteiger partial charge on any atom is -0.316 e. The maximum Gasteiger partial charge on any atom is 0.416 e. The van der Waals surface area contributed by atoms with Gasteiger partial charge in [-0.1, -0.05) is 18.2 Å². The lowest BCUT2D eigenvalue weighted by molar-refractivity contribution is -0.137. The normalized spacial score (nSPS) is 21.3. The topological polar surface area (TPSA) is 12.0 Å². The molecule has 1 saturated heterocycles. The molecule has 1 nitrogen and oxygen atoms in total. The fourth-order valence-electron chi connectivity index (χ4n) is 2.10. The zero-order chi connectivity index (χ0) is 11.6. The molecule has 1 aromatic carbocycles. The zero-order valence-electron chi connectivity index (χ0n) is 8.85. The fourth-order valence-corrected chi connectivity index (χ4v) is 2.10. The Morgan fingerprint density at radius 1 is 1.31 bits per heavy atom. The molecule has 4 heteroatoms. The van der Waals surface area contributed by atoms with Crippen molar-refractivity contribution in [3.63, 3.8) is 0 Å². The Balaban J connectivity index is 2.09. The lowest BCUT2D eigenvalue weighted by Crippen LogP contribution is -2.11. The molecule has 0 radical (unpaired) electrons. The van der Waals surface area contributed by atoms with E-state index in [4.69, 9.17) is 0 Å². The molecule has 1 fully saturated rings. The maximum atomic E-state index is 12.5. The van der Waals surface area contributed by atoms with Crippen LogP contribution in [0, 0.1) is 5.92 Å². The van der Waals surface area contributed by atoms with Crippen molar-refractivity contribution in [1.82, 2.24) is 5.32 Å². The van der Waals surface area contributed by atoms with Crippen LogP contribution in [0.3, 0.4) is 0 Å². The van der Waals surface area contributed by atoms with Crippen LogP contribution in [0.4, 0.5) is 13.2 Å². The van der Waals surface area contributed by atoms with E-state index in [0.29, 0.717) is 5.92 Å². The van der Waals surface area contributed by atoms with Crippen molar-refractivity contribution in [2.75, 3.05) is 13.1 Å². The summed E-state index contributed by atoms with van der Waals surface area (Å²) in [7, 11) is 0. The molecule has 0 spiro atoms. The highest BCUT2D eigenvalue weighted by Crippen LogP contribution is 2.30. The highest BCUT2D eigenvalue weighted by molar-refractivity contribution is 5.26. The van der Waals surface area contributed by atoms with Gasteiger partial charge in [0.1, 0.15) is 0 Å². The second kappa shape index (κ2) is 4.45. The Morgan fingerprint density at radius 3 is 2.75 bits per heavy atom. The van der Waals surface area contributed by atoms with Gasteiger partial charge in [-0.3, -0.25) is 0 Å². The van der Waals surface area contributed by atoms with E-state index in [1.165, 1.54) is 12.1 Å². The van der Waals surface area contributed by atoms with Gasteiger partial charge in [-0.2, -0.15) is 13.2 Å². The molecule has 1 aliphatic rings. The van der Waals surface area contributed by atoms with Crippen molar-refractivity contribution in [2.24, 2.45) is 5.92 Å². The third-order valence-corrected chi connectivity index (χ3v) is 2.94. The van der Waals surface area contributed by atoms with Gasteiger partial charge < -0.3 is 5.32 Å². The SMILES string of the molecule is FC(F)(F)c1cccc(C[C@@H]2CCNC2)c1. The van der Waals surface area contributed by atoms with E-state index in [2.05, 4.69) is 5.32 Å². The molecule has 1 aliphatic heterocycles. The minimum atomic E-state index is -4.23. The molecule has 0 aromatic heterocycles. The van der Waals surface area contributed by atoms with Crippen molar-refractivity contribution < 1.29 is 13.2 Å². The fraction of sp³-hybridized carbons (Fsp3) is 0.500. The predicted octanol–water partition coefficient (Wildman–Crippen LogP) is 2.86. The van der Waals surface area contributed by atoms with Gasteiger partial charge in [-0.15, -0.1) is 0 Å². The number of hydrogen-bond acceptors (Lipinski definition) is 1. The van der Waals surface area contributed by atoms with Gasteiger partial charge in [0.2, 0.25) is 0 Å². The van der Waals surface area contributed by atoms with Crippen molar-refractivity contribution in [1.29, 1.82) is 0 Å². The van der Waals surface area contributed by atoms with Crippen LogP contribution in [0.5, 0.6) is 0 Å². The van der Waals surface area contributed by atoms with Gasteiger partial charge in [-0.25, -0.2) is 0 Å².